The van der Waals surface area contributed by atoms with Gasteiger partial charge < -0.3 is 25.4 Å². The number of rotatable bonds is 12. The van der Waals surface area contributed by atoms with Crippen LogP contribution in [0.15, 0.2) is 72.8 Å². The third-order valence-corrected chi connectivity index (χ3v) is 7.49. The number of hydrogen-bond acceptors (Lipinski definition) is 6. The largest absolute Gasteiger partial charge is 0.477 e. The molecule has 8 nitrogen and oxygen atoms in total. The Kier molecular flexibility index (Phi) is 9.29. The molecule has 0 aliphatic rings. The molecule has 0 radical (unpaired) electrons. The van der Waals surface area contributed by atoms with E-state index in [1.807, 2.05) is 25.1 Å². The van der Waals surface area contributed by atoms with Crippen molar-refractivity contribution in [2.75, 3.05) is 24.0 Å². The third kappa shape index (κ3) is 8.11. The molecule has 1 heterocycles. The number of hydrogen-bond donors (Lipinski definition) is 4. The first kappa shape index (κ1) is 31.1. The second kappa shape index (κ2) is 12.6. The van der Waals surface area contributed by atoms with Gasteiger partial charge in [-0.15, -0.1) is 0 Å². The maximum Gasteiger partial charge on any atom is 0.416 e. The van der Waals surface area contributed by atoms with Gasteiger partial charge in [0.15, 0.2) is 9.84 Å². The van der Waals surface area contributed by atoms with E-state index < -0.39 is 33.7 Å². The molecule has 4 N–H and O–H groups in total. The number of alkyl halides is 3. The van der Waals surface area contributed by atoms with E-state index in [9.17, 15) is 36.6 Å². The average Bonchev–Trinajstić information content (AvgIpc) is 3.28. The lowest BCUT2D eigenvalue weighted by Crippen LogP contribution is -2.32. The normalized spacial score (nSPS) is 13.7. The third-order valence-electron chi connectivity index (χ3n) is 6.82. The smallest absolute Gasteiger partial charge is 0.416 e. The standard InChI is InChI=1S/C30H32F3N3O5S/c1-19(34-16-28(37)22-4-3-5-24(14-22)30(31,32)33)12-21-8-11-26-23(13-21)15-27(29(38)39)36(26)17-20-6-9-25(10-7-20)35-18-42(2,40)41/h3-11,13-15,19,28,34-35,37H,12,16-18H2,1-2H3,(H,38,39). The minimum absolute atomic E-state index is 0.0623. The van der Waals surface area contributed by atoms with Crippen LogP contribution in [0.4, 0.5) is 18.9 Å². The van der Waals surface area contributed by atoms with Crippen LogP contribution in [0.3, 0.4) is 0 Å². The van der Waals surface area contributed by atoms with Gasteiger partial charge in [-0.1, -0.05) is 30.3 Å². The Balaban J connectivity index is 1.43. The lowest BCUT2D eigenvalue weighted by Gasteiger charge is -2.18. The number of aromatic nitrogens is 1. The summed E-state index contributed by atoms with van der Waals surface area (Å²) in [4.78, 5) is 12.0. The SMILES string of the molecule is CC(Cc1ccc2c(c1)cc(C(=O)O)n2Cc1ccc(NCS(C)(=O)=O)cc1)NCC(O)c1cccc(C(F)(F)F)c1. The van der Waals surface area contributed by atoms with E-state index in [-0.39, 0.29) is 29.7 Å². The Bertz CT molecular complexity index is 1670. The molecule has 0 aliphatic carbocycles. The number of halogens is 3. The number of fused-ring (bicyclic) bond motifs is 1. The Labute approximate surface area is 241 Å². The summed E-state index contributed by atoms with van der Waals surface area (Å²) in [6, 6.07) is 18.8. The number of sulfone groups is 1. The first-order chi connectivity index (χ1) is 19.7. The molecular formula is C30H32F3N3O5S. The molecule has 4 aromatic rings. The fraction of sp³-hybridized carbons (Fsp3) is 0.300. The van der Waals surface area contributed by atoms with Crippen molar-refractivity contribution in [3.05, 3.63) is 101 Å². The van der Waals surface area contributed by atoms with Crippen molar-refractivity contribution < 1.29 is 36.6 Å². The molecule has 1 aromatic heterocycles. The van der Waals surface area contributed by atoms with Crippen LogP contribution in [0.2, 0.25) is 0 Å². The Morgan fingerprint density at radius 2 is 1.69 bits per heavy atom. The molecule has 0 saturated carbocycles. The number of aliphatic hydroxyl groups excluding tert-OH is 1. The van der Waals surface area contributed by atoms with Gasteiger partial charge in [-0.05, 0) is 72.5 Å². The molecule has 0 aliphatic heterocycles. The summed E-state index contributed by atoms with van der Waals surface area (Å²) in [6.45, 7) is 2.25. The van der Waals surface area contributed by atoms with E-state index in [4.69, 9.17) is 0 Å². The fourth-order valence-electron chi connectivity index (χ4n) is 4.70. The highest BCUT2D eigenvalue weighted by Crippen LogP contribution is 2.31. The minimum Gasteiger partial charge on any atom is -0.477 e. The van der Waals surface area contributed by atoms with Crippen LogP contribution < -0.4 is 10.6 Å². The predicted molar refractivity (Wildman–Crippen MR) is 155 cm³/mol. The number of aliphatic hydroxyl groups is 1. The number of nitrogens with zero attached hydrogens (tertiary/aromatic N) is 1. The Morgan fingerprint density at radius 1 is 1.00 bits per heavy atom. The summed E-state index contributed by atoms with van der Waals surface area (Å²) in [5.41, 5.74) is 2.61. The van der Waals surface area contributed by atoms with E-state index in [2.05, 4.69) is 10.6 Å². The molecule has 0 spiro atoms. The van der Waals surface area contributed by atoms with Crippen LogP contribution in [-0.4, -0.2) is 53.9 Å². The molecular weight excluding hydrogens is 571 g/mol. The summed E-state index contributed by atoms with van der Waals surface area (Å²) in [7, 11) is -3.18. The van der Waals surface area contributed by atoms with Gasteiger partial charge in [0.25, 0.3) is 0 Å². The number of carboxylic acid groups (broad SMARTS) is 1. The molecule has 3 aromatic carbocycles. The zero-order valence-electron chi connectivity index (χ0n) is 23.0. The van der Waals surface area contributed by atoms with Gasteiger partial charge in [0.2, 0.25) is 0 Å². The zero-order valence-corrected chi connectivity index (χ0v) is 23.8. The van der Waals surface area contributed by atoms with Crippen LogP contribution in [0.1, 0.15) is 45.8 Å². The maximum atomic E-state index is 13.0. The summed E-state index contributed by atoms with van der Waals surface area (Å²) in [6.07, 6.45) is -3.93. The van der Waals surface area contributed by atoms with Crippen LogP contribution in [0.25, 0.3) is 10.9 Å². The lowest BCUT2D eigenvalue weighted by molar-refractivity contribution is -0.137. The highest BCUT2D eigenvalue weighted by atomic mass is 32.2. The summed E-state index contributed by atoms with van der Waals surface area (Å²) >= 11 is 0. The topological polar surface area (TPSA) is 121 Å². The molecule has 0 bridgehead atoms. The molecule has 12 heteroatoms. The minimum atomic E-state index is -4.49. The number of nitrogens with one attached hydrogen (secondary N) is 2. The zero-order chi connectivity index (χ0) is 30.7. The Morgan fingerprint density at radius 3 is 2.33 bits per heavy atom. The summed E-state index contributed by atoms with van der Waals surface area (Å²) in [5, 5.41) is 27.0. The second-order valence-corrected chi connectivity index (χ2v) is 12.6. The quantitative estimate of drug-likeness (QED) is 0.178. The van der Waals surface area contributed by atoms with Gasteiger partial charge in [-0.25, -0.2) is 13.2 Å². The highest BCUT2D eigenvalue weighted by molar-refractivity contribution is 7.90. The van der Waals surface area contributed by atoms with Crippen molar-refractivity contribution in [3.63, 3.8) is 0 Å². The number of carbonyl (C=O) groups is 1. The van der Waals surface area contributed by atoms with Gasteiger partial charge in [-0.2, -0.15) is 13.2 Å². The van der Waals surface area contributed by atoms with Crippen molar-refractivity contribution >= 4 is 32.4 Å². The van der Waals surface area contributed by atoms with E-state index in [0.29, 0.717) is 18.7 Å². The van der Waals surface area contributed by atoms with Gasteiger partial charge in [0.05, 0.1) is 11.7 Å². The molecule has 2 unspecified atom stereocenters. The van der Waals surface area contributed by atoms with Crippen LogP contribution >= 0.6 is 0 Å². The fourth-order valence-corrected chi connectivity index (χ4v) is 5.13. The van der Waals surface area contributed by atoms with Crippen molar-refractivity contribution in [2.45, 2.75) is 38.2 Å². The maximum absolute atomic E-state index is 13.0. The number of carboxylic acids is 1. The summed E-state index contributed by atoms with van der Waals surface area (Å²) < 4.78 is 63.5. The molecule has 0 amide bonds. The molecule has 224 valence electrons. The number of anilines is 1. The van der Waals surface area contributed by atoms with Crippen molar-refractivity contribution in [1.82, 2.24) is 9.88 Å². The van der Waals surface area contributed by atoms with Gasteiger partial charge in [0, 0.05) is 42.0 Å². The molecule has 4 rings (SSSR count). The van der Waals surface area contributed by atoms with Gasteiger partial charge >= 0.3 is 12.1 Å². The molecule has 0 fully saturated rings. The van der Waals surface area contributed by atoms with E-state index in [1.54, 1.807) is 34.9 Å². The van der Waals surface area contributed by atoms with Crippen molar-refractivity contribution in [3.8, 4) is 0 Å². The van der Waals surface area contributed by atoms with E-state index >= 15 is 0 Å². The van der Waals surface area contributed by atoms with E-state index in [1.165, 1.54) is 12.1 Å². The second-order valence-electron chi connectivity index (χ2n) is 10.4. The van der Waals surface area contributed by atoms with Crippen LogP contribution in [0.5, 0.6) is 0 Å². The van der Waals surface area contributed by atoms with Crippen LogP contribution in [-0.2, 0) is 29.0 Å². The van der Waals surface area contributed by atoms with Gasteiger partial charge in [0.1, 0.15) is 11.6 Å². The first-order valence-corrected chi connectivity index (χ1v) is 15.2. The van der Waals surface area contributed by atoms with Crippen molar-refractivity contribution in [1.29, 1.82) is 0 Å². The molecule has 42 heavy (non-hydrogen) atoms. The lowest BCUT2D eigenvalue weighted by atomic mass is 10.0. The average molecular weight is 604 g/mol. The number of aromatic carboxylic acids is 1. The van der Waals surface area contributed by atoms with Gasteiger partial charge in [-0.3, -0.25) is 0 Å². The predicted octanol–water partition coefficient (Wildman–Crippen LogP) is 5.07. The highest BCUT2D eigenvalue weighted by Gasteiger charge is 2.30. The molecule has 0 saturated heterocycles. The van der Waals surface area contributed by atoms with Crippen LogP contribution in [0, 0.1) is 0 Å². The number of benzene rings is 3. The Hall–Kier alpha value is -3.87. The molecule has 2 atom stereocenters. The van der Waals surface area contributed by atoms with E-state index in [0.717, 1.165) is 40.4 Å². The first-order valence-electron chi connectivity index (χ1n) is 13.1. The van der Waals surface area contributed by atoms with Crippen molar-refractivity contribution in [2.24, 2.45) is 0 Å². The monoisotopic (exact) mass is 603 g/mol. The summed E-state index contributed by atoms with van der Waals surface area (Å²) in [5.74, 6) is -1.26.